The van der Waals surface area contributed by atoms with Crippen LogP contribution in [0.4, 0.5) is 5.69 Å². The second-order valence-electron chi connectivity index (χ2n) is 5.80. The third-order valence-electron chi connectivity index (χ3n) is 4.05. The van der Waals surface area contributed by atoms with Gasteiger partial charge in [-0.3, -0.25) is 15.0 Å². The van der Waals surface area contributed by atoms with Gasteiger partial charge in [-0.25, -0.2) is 8.42 Å². The lowest BCUT2D eigenvalue weighted by molar-refractivity contribution is -0.384. The number of sulfone groups is 1. The van der Waals surface area contributed by atoms with Crippen LogP contribution in [0, 0.1) is 10.1 Å². The molecule has 1 fully saturated rings. The average Bonchev–Trinajstić information content (AvgIpc) is 2.87. The molecule has 23 heavy (non-hydrogen) atoms. The Morgan fingerprint density at radius 1 is 1.35 bits per heavy atom. The molecule has 1 aliphatic heterocycles. The van der Waals surface area contributed by atoms with Gasteiger partial charge < -0.3 is 4.74 Å². The van der Waals surface area contributed by atoms with Gasteiger partial charge in [-0.2, -0.15) is 0 Å². The van der Waals surface area contributed by atoms with E-state index in [4.69, 9.17) is 4.74 Å². The van der Waals surface area contributed by atoms with Crippen molar-refractivity contribution >= 4 is 15.5 Å². The molecule has 0 radical (unpaired) electrons. The van der Waals surface area contributed by atoms with Crippen molar-refractivity contribution in [1.82, 2.24) is 4.90 Å². The first-order chi connectivity index (χ1) is 10.9. The summed E-state index contributed by atoms with van der Waals surface area (Å²) in [5.41, 5.74) is 1.00. The highest BCUT2D eigenvalue weighted by Crippen LogP contribution is 2.21. The molecule has 0 saturated carbocycles. The Morgan fingerprint density at radius 3 is 2.57 bits per heavy atom. The smallest absolute Gasteiger partial charge is 0.269 e. The molecule has 128 valence electrons. The highest BCUT2D eigenvalue weighted by molar-refractivity contribution is 7.91. The van der Waals surface area contributed by atoms with Crippen LogP contribution < -0.4 is 0 Å². The van der Waals surface area contributed by atoms with Crippen molar-refractivity contribution < 1.29 is 18.1 Å². The van der Waals surface area contributed by atoms with Crippen molar-refractivity contribution in [3.8, 4) is 0 Å². The molecular weight excluding hydrogens is 320 g/mol. The normalized spacial score (nSPS) is 20.0. The summed E-state index contributed by atoms with van der Waals surface area (Å²) >= 11 is 0. The largest absolute Gasteiger partial charge is 0.385 e. The van der Waals surface area contributed by atoms with Crippen LogP contribution in [-0.2, 0) is 21.1 Å². The lowest BCUT2D eigenvalue weighted by atomic mass is 10.1. The molecule has 0 spiro atoms. The summed E-state index contributed by atoms with van der Waals surface area (Å²) in [7, 11) is -1.30. The maximum Gasteiger partial charge on any atom is 0.269 e. The minimum atomic E-state index is -2.94. The second kappa shape index (κ2) is 7.85. The maximum absolute atomic E-state index is 11.7. The number of benzene rings is 1. The molecule has 1 saturated heterocycles. The third-order valence-corrected chi connectivity index (χ3v) is 5.80. The van der Waals surface area contributed by atoms with E-state index in [1.54, 1.807) is 19.2 Å². The maximum atomic E-state index is 11.7. The number of rotatable bonds is 8. The number of methoxy groups -OCH3 is 1. The SMILES string of the molecule is COCCCN(Cc1ccc([N+](=O)[O-])cc1)C1CCS(=O)(=O)C1. The first-order valence-corrected chi connectivity index (χ1v) is 9.40. The Labute approximate surface area is 136 Å². The molecule has 0 aliphatic carbocycles. The van der Waals surface area contributed by atoms with E-state index in [0.717, 1.165) is 18.5 Å². The number of nitro benzene ring substituents is 1. The molecule has 0 bridgehead atoms. The van der Waals surface area contributed by atoms with Gasteiger partial charge in [0.2, 0.25) is 0 Å². The zero-order chi connectivity index (χ0) is 16.9. The average molecular weight is 342 g/mol. The van der Waals surface area contributed by atoms with Crippen molar-refractivity contribution in [1.29, 1.82) is 0 Å². The Balaban J connectivity index is 2.05. The first-order valence-electron chi connectivity index (χ1n) is 7.58. The summed E-state index contributed by atoms with van der Waals surface area (Å²) in [5, 5.41) is 10.7. The molecule has 0 aromatic heterocycles. The van der Waals surface area contributed by atoms with E-state index >= 15 is 0 Å². The molecule has 1 atom stereocenters. The topological polar surface area (TPSA) is 89.8 Å². The predicted octanol–water partition coefficient (Wildman–Crippen LogP) is 1.62. The van der Waals surface area contributed by atoms with Gasteiger partial charge in [0, 0.05) is 45.0 Å². The molecule has 1 heterocycles. The summed E-state index contributed by atoms with van der Waals surface area (Å²) in [5.74, 6) is 0.422. The molecular formula is C15H22N2O5S. The fraction of sp³-hybridized carbons (Fsp3) is 0.600. The first kappa shape index (κ1) is 17.8. The monoisotopic (exact) mass is 342 g/mol. The van der Waals surface area contributed by atoms with Crippen molar-refractivity contribution in [3.05, 3.63) is 39.9 Å². The van der Waals surface area contributed by atoms with Crippen LogP contribution in [0.2, 0.25) is 0 Å². The molecule has 1 unspecified atom stereocenters. The van der Waals surface area contributed by atoms with E-state index < -0.39 is 14.8 Å². The van der Waals surface area contributed by atoms with Gasteiger partial charge in [-0.1, -0.05) is 12.1 Å². The summed E-state index contributed by atoms with van der Waals surface area (Å²) in [6.45, 7) is 1.95. The molecule has 0 amide bonds. The Kier molecular flexibility index (Phi) is 6.09. The summed E-state index contributed by atoms with van der Waals surface area (Å²) in [6, 6.07) is 6.42. The molecule has 0 N–H and O–H groups in total. The Morgan fingerprint density at radius 2 is 2.04 bits per heavy atom. The molecule has 1 aromatic rings. The van der Waals surface area contributed by atoms with Crippen LogP contribution in [0.3, 0.4) is 0 Å². The number of ether oxygens (including phenoxy) is 1. The highest BCUT2D eigenvalue weighted by Gasteiger charge is 2.32. The number of nitrogens with zero attached hydrogens (tertiary/aromatic N) is 2. The fourth-order valence-corrected chi connectivity index (χ4v) is 4.59. The summed E-state index contributed by atoms with van der Waals surface area (Å²) in [4.78, 5) is 12.4. The van der Waals surface area contributed by atoms with Crippen LogP contribution in [0.5, 0.6) is 0 Å². The quantitative estimate of drug-likeness (QED) is 0.405. The van der Waals surface area contributed by atoms with Gasteiger partial charge in [0.1, 0.15) is 0 Å². The van der Waals surface area contributed by atoms with Gasteiger partial charge in [0.05, 0.1) is 16.4 Å². The number of non-ortho nitro benzene ring substituents is 1. The molecule has 7 nitrogen and oxygen atoms in total. The Hall–Kier alpha value is -1.51. The zero-order valence-electron chi connectivity index (χ0n) is 13.2. The van der Waals surface area contributed by atoms with E-state index in [1.807, 2.05) is 0 Å². The summed E-state index contributed by atoms with van der Waals surface area (Å²) < 4.78 is 28.5. The van der Waals surface area contributed by atoms with Gasteiger partial charge >= 0.3 is 0 Å². The third kappa shape index (κ3) is 5.26. The number of hydrogen-bond acceptors (Lipinski definition) is 6. The molecule has 2 rings (SSSR count). The van der Waals surface area contributed by atoms with E-state index in [0.29, 0.717) is 19.6 Å². The minimum absolute atomic E-state index is 0.00653. The van der Waals surface area contributed by atoms with Gasteiger partial charge in [0.15, 0.2) is 9.84 Å². The Bertz CT molecular complexity index is 630. The standard InChI is InChI=1S/C15H22N2O5S/c1-22-9-2-8-16(15-7-10-23(20,21)12-15)11-13-3-5-14(6-4-13)17(18)19/h3-6,15H,2,7-12H2,1H3. The van der Waals surface area contributed by atoms with Crippen LogP contribution in [0.15, 0.2) is 24.3 Å². The van der Waals surface area contributed by atoms with Crippen molar-refractivity contribution in [2.24, 2.45) is 0 Å². The van der Waals surface area contributed by atoms with Crippen LogP contribution >= 0.6 is 0 Å². The van der Waals surface area contributed by atoms with E-state index in [-0.39, 0.29) is 23.2 Å². The minimum Gasteiger partial charge on any atom is -0.385 e. The van der Waals surface area contributed by atoms with Gasteiger partial charge in [-0.15, -0.1) is 0 Å². The molecule has 1 aliphatic rings. The lowest BCUT2D eigenvalue weighted by Gasteiger charge is -2.28. The van der Waals surface area contributed by atoms with Crippen molar-refractivity contribution in [2.75, 3.05) is 31.8 Å². The van der Waals surface area contributed by atoms with Gasteiger partial charge in [0.25, 0.3) is 5.69 Å². The van der Waals surface area contributed by atoms with Crippen molar-refractivity contribution in [3.63, 3.8) is 0 Å². The van der Waals surface area contributed by atoms with Crippen molar-refractivity contribution in [2.45, 2.75) is 25.4 Å². The van der Waals surface area contributed by atoms with Crippen LogP contribution in [-0.4, -0.2) is 56.1 Å². The van der Waals surface area contributed by atoms with Crippen LogP contribution in [0.1, 0.15) is 18.4 Å². The number of hydrogen-bond donors (Lipinski definition) is 0. The number of nitro groups is 1. The zero-order valence-corrected chi connectivity index (χ0v) is 14.0. The summed E-state index contributed by atoms with van der Waals surface area (Å²) in [6.07, 6.45) is 1.46. The second-order valence-corrected chi connectivity index (χ2v) is 8.03. The lowest BCUT2D eigenvalue weighted by Crippen LogP contribution is -2.36. The van der Waals surface area contributed by atoms with Gasteiger partial charge in [-0.05, 0) is 18.4 Å². The van der Waals surface area contributed by atoms with E-state index in [9.17, 15) is 18.5 Å². The highest BCUT2D eigenvalue weighted by atomic mass is 32.2. The molecule has 1 aromatic carbocycles. The van der Waals surface area contributed by atoms with E-state index in [1.165, 1.54) is 12.1 Å². The fourth-order valence-electron chi connectivity index (χ4n) is 2.82. The van der Waals surface area contributed by atoms with E-state index in [2.05, 4.69) is 4.90 Å². The van der Waals surface area contributed by atoms with Crippen LogP contribution in [0.25, 0.3) is 0 Å². The predicted molar refractivity (Wildman–Crippen MR) is 87.1 cm³/mol. The molecule has 8 heteroatoms.